The number of benzene rings is 1. The Morgan fingerprint density at radius 2 is 1.81 bits per heavy atom. The van der Waals surface area contributed by atoms with Crippen molar-refractivity contribution >= 4 is 5.78 Å². The Morgan fingerprint density at radius 3 is 2.25 bits per heavy atom. The van der Waals surface area contributed by atoms with Crippen LogP contribution in [0.3, 0.4) is 0 Å². The highest BCUT2D eigenvalue weighted by Gasteiger charge is 2.24. The number of Topliss-reactive ketones (excluding diaryl/α,β-unsaturated/α-hetero) is 1. The van der Waals surface area contributed by atoms with Crippen LogP contribution >= 0.6 is 0 Å². The Labute approximate surface area is 97.6 Å². The van der Waals surface area contributed by atoms with Crippen LogP contribution in [0.4, 0.5) is 0 Å². The molecule has 1 rings (SSSR count). The Hall–Kier alpha value is -1.15. The molecule has 0 bridgehead atoms. The average Bonchev–Trinajstić information content (AvgIpc) is 2.17. The van der Waals surface area contributed by atoms with E-state index in [1.807, 2.05) is 30.3 Å². The van der Waals surface area contributed by atoms with Crippen molar-refractivity contribution in [3.8, 4) is 0 Å². The molecule has 0 fully saturated rings. The lowest BCUT2D eigenvalue weighted by Crippen LogP contribution is -2.20. The largest absolute Gasteiger partial charge is 0.369 e. The molecule has 0 aromatic heterocycles. The third-order valence-corrected chi connectivity index (χ3v) is 2.34. The number of methoxy groups -OCH3 is 1. The van der Waals surface area contributed by atoms with Crippen LogP contribution in [0.25, 0.3) is 0 Å². The van der Waals surface area contributed by atoms with E-state index in [-0.39, 0.29) is 11.2 Å². The van der Waals surface area contributed by atoms with Gasteiger partial charge in [-0.1, -0.05) is 51.1 Å². The Bertz CT molecular complexity index is 336. The quantitative estimate of drug-likeness (QED) is 0.777. The highest BCUT2D eigenvalue weighted by atomic mass is 16.5. The Morgan fingerprint density at radius 1 is 1.25 bits per heavy atom. The van der Waals surface area contributed by atoms with E-state index in [0.29, 0.717) is 6.42 Å². The van der Waals surface area contributed by atoms with Gasteiger partial charge in [-0.05, 0) is 11.0 Å². The first-order valence-corrected chi connectivity index (χ1v) is 5.54. The molecule has 0 aliphatic rings. The zero-order valence-electron chi connectivity index (χ0n) is 10.5. The van der Waals surface area contributed by atoms with Gasteiger partial charge in [0.2, 0.25) is 0 Å². The van der Waals surface area contributed by atoms with Crippen molar-refractivity contribution in [2.75, 3.05) is 7.11 Å². The van der Waals surface area contributed by atoms with Gasteiger partial charge in [-0.3, -0.25) is 4.79 Å². The monoisotopic (exact) mass is 220 g/mol. The Balaban J connectivity index is 2.80. The summed E-state index contributed by atoms with van der Waals surface area (Å²) in [7, 11) is 1.58. The summed E-state index contributed by atoms with van der Waals surface area (Å²) in [6.45, 7) is 6.17. The number of rotatable bonds is 4. The van der Waals surface area contributed by atoms with Gasteiger partial charge in [0.05, 0.1) is 0 Å². The minimum Gasteiger partial charge on any atom is -0.369 e. The molecule has 1 aromatic carbocycles. The van der Waals surface area contributed by atoms with Gasteiger partial charge in [-0.25, -0.2) is 0 Å². The van der Waals surface area contributed by atoms with E-state index in [9.17, 15) is 4.79 Å². The fourth-order valence-corrected chi connectivity index (χ4v) is 1.70. The molecule has 0 aliphatic heterocycles. The molecule has 0 saturated carbocycles. The molecule has 2 nitrogen and oxygen atoms in total. The Kier molecular flexibility index (Phi) is 4.25. The maximum absolute atomic E-state index is 12.1. The topological polar surface area (TPSA) is 26.3 Å². The van der Waals surface area contributed by atoms with Crippen LogP contribution in [0, 0.1) is 5.41 Å². The smallest absolute Gasteiger partial charge is 0.166 e. The lowest BCUT2D eigenvalue weighted by molar-refractivity contribution is -0.131. The average molecular weight is 220 g/mol. The summed E-state index contributed by atoms with van der Waals surface area (Å²) in [5.74, 6) is 0.140. The lowest BCUT2D eigenvalue weighted by Gasteiger charge is -2.21. The zero-order chi connectivity index (χ0) is 12.2. The van der Waals surface area contributed by atoms with E-state index < -0.39 is 6.10 Å². The molecule has 0 spiro atoms. The standard InChI is InChI=1S/C14H20O2/c1-14(2,3)10-12(15)13(16-4)11-8-6-5-7-9-11/h5-9,13H,10H2,1-4H3. The van der Waals surface area contributed by atoms with Crippen LogP contribution in [0.5, 0.6) is 0 Å². The predicted molar refractivity (Wildman–Crippen MR) is 65.3 cm³/mol. The van der Waals surface area contributed by atoms with E-state index in [1.54, 1.807) is 7.11 Å². The van der Waals surface area contributed by atoms with Crippen molar-refractivity contribution in [3.63, 3.8) is 0 Å². The molecule has 1 atom stereocenters. The molecule has 0 amide bonds. The lowest BCUT2D eigenvalue weighted by atomic mass is 9.87. The van der Waals surface area contributed by atoms with Gasteiger partial charge in [0, 0.05) is 13.5 Å². The van der Waals surface area contributed by atoms with Crippen molar-refractivity contribution in [1.29, 1.82) is 0 Å². The second-order valence-corrected chi connectivity index (χ2v) is 5.23. The van der Waals surface area contributed by atoms with E-state index in [1.165, 1.54) is 0 Å². The number of hydrogen-bond donors (Lipinski definition) is 0. The minimum absolute atomic E-state index is 0.00262. The molecule has 0 aliphatic carbocycles. The van der Waals surface area contributed by atoms with Gasteiger partial charge < -0.3 is 4.74 Å². The van der Waals surface area contributed by atoms with Crippen molar-refractivity contribution in [1.82, 2.24) is 0 Å². The maximum atomic E-state index is 12.1. The normalized spacial score (nSPS) is 13.5. The minimum atomic E-state index is -0.430. The number of carbonyl (C=O) groups excluding carboxylic acids is 1. The van der Waals surface area contributed by atoms with Crippen LogP contribution in [-0.2, 0) is 9.53 Å². The first-order chi connectivity index (χ1) is 7.44. The molecule has 0 saturated heterocycles. The summed E-state index contributed by atoms with van der Waals surface area (Å²) in [5, 5.41) is 0. The number of hydrogen-bond acceptors (Lipinski definition) is 2. The third kappa shape index (κ3) is 3.78. The molecule has 2 heteroatoms. The van der Waals surface area contributed by atoms with E-state index in [4.69, 9.17) is 4.74 Å². The molecular formula is C14H20O2. The van der Waals surface area contributed by atoms with E-state index in [2.05, 4.69) is 20.8 Å². The van der Waals surface area contributed by atoms with Crippen LogP contribution in [0.15, 0.2) is 30.3 Å². The number of ketones is 1. The first kappa shape index (κ1) is 12.9. The molecular weight excluding hydrogens is 200 g/mol. The highest BCUT2D eigenvalue weighted by Crippen LogP contribution is 2.26. The second kappa shape index (κ2) is 5.26. The molecule has 0 radical (unpaired) electrons. The summed E-state index contributed by atoms with van der Waals surface area (Å²) in [4.78, 5) is 12.1. The van der Waals surface area contributed by atoms with Crippen LogP contribution in [-0.4, -0.2) is 12.9 Å². The number of ether oxygens (including phenoxy) is 1. The van der Waals surface area contributed by atoms with Crippen molar-refractivity contribution < 1.29 is 9.53 Å². The van der Waals surface area contributed by atoms with Crippen LogP contribution in [0.1, 0.15) is 38.9 Å². The fourth-order valence-electron chi connectivity index (χ4n) is 1.70. The predicted octanol–water partition coefficient (Wildman–Crippen LogP) is 3.38. The maximum Gasteiger partial charge on any atom is 0.166 e. The molecule has 16 heavy (non-hydrogen) atoms. The van der Waals surface area contributed by atoms with Gasteiger partial charge in [0.15, 0.2) is 5.78 Å². The number of carbonyl (C=O) groups is 1. The third-order valence-electron chi connectivity index (χ3n) is 2.34. The first-order valence-electron chi connectivity index (χ1n) is 5.54. The van der Waals surface area contributed by atoms with Gasteiger partial charge in [0.1, 0.15) is 6.10 Å². The molecule has 88 valence electrons. The fraction of sp³-hybridized carbons (Fsp3) is 0.500. The molecule has 0 N–H and O–H groups in total. The van der Waals surface area contributed by atoms with Gasteiger partial charge in [-0.2, -0.15) is 0 Å². The van der Waals surface area contributed by atoms with Gasteiger partial charge >= 0.3 is 0 Å². The molecule has 0 heterocycles. The van der Waals surface area contributed by atoms with Gasteiger partial charge in [-0.15, -0.1) is 0 Å². The summed E-state index contributed by atoms with van der Waals surface area (Å²) < 4.78 is 5.29. The SMILES string of the molecule is COC(C(=O)CC(C)(C)C)c1ccccc1. The summed E-state index contributed by atoms with van der Waals surface area (Å²) in [6, 6.07) is 9.63. The van der Waals surface area contributed by atoms with Crippen LogP contribution in [0.2, 0.25) is 0 Å². The van der Waals surface area contributed by atoms with E-state index >= 15 is 0 Å². The summed E-state index contributed by atoms with van der Waals surface area (Å²) >= 11 is 0. The van der Waals surface area contributed by atoms with Gasteiger partial charge in [0.25, 0.3) is 0 Å². The van der Waals surface area contributed by atoms with E-state index in [0.717, 1.165) is 5.56 Å². The second-order valence-electron chi connectivity index (χ2n) is 5.23. The summed E-state index contributed by atoms with van der Waals surface area (Å²) in [5.41, 5.74) is 0.932. The zero-order valence-corrected chi connectivity index (χ0v) is 10.5. The van der Waals surface area contributed by atoms with Crippen molar-refractivity contribution in [2.24, 2.45) is 5.41 Å². The van der Waals surface area contributed by atoms with Crippen molar-refractivity contribution in [2.45, 2.75) is 33.3 Å². The summed E-state index contributed by atoms with van der Waals surface area (Å²) in [6.07, 6.45) is 0.0980. The van der Waals surface area contributed by atoms with Crippen molar-refractivity contribution in [3.05, 3.63) is 35.9 Å². The van der Waals surface area contributed by atoms with Crippen LogP contribution < -0.4 is 0 Å². The molecule has 1 unspecified atom stereocenters. The molecule has 1 aromatic rings. The highest BCUT2D eigenvalue weighted by molar-refractivity contribution is 5.84.